The highest BCUT2D eigenvalue weighted by molar-refractivity contribution is 5.91. The van der Waals surface area contributed by atoms with Crippen molar-refractivity contribution in [3.05, 3.63) is 29.1 Å². The molecule has 0 bridgehead atoms. The topological polar surface area (TPSA) is 77.8 Å². The maximum Gasteiger partial charge on any atom is 0.339 e. The van der Waals surface area contributed by atoms with Crippen LogP contribution in [-0.4, -0.2) is 27.9 Å². The van der Waals surface area contributed by atoms with Gasteiger partial charge >= 0.3 is 5.97 Å². The van der Waals surface area contributed by atoms with Gasteiger partial charge in [-0.15, -0.1) is 0 Å². The number of aromatic carboxylic acids is 1. The van der Waals surface area contributed by atoms with Gasteiger partial charge in [0.2, 0.25) is 0 Å². The maximum absolute atomic E-state index is 13.1. The first-order chi connectivity index (χ1) is 6.97. The van der Waals surface area contributed by atoms with Crippen molar-refractivity contribution in [3.8, 4) is 5.75 Å². The maximum atomic E-state index is 13.1. The molecule has 0 aliphatic carbocycles. The molecule has 4 nitrogen and oxygen atoms in total. The summed E-state index contributed by atoms with van der Waals surface area (Å²) >= 11 is 0. The molecule has 1 unspecified atom stereocenters. The summed E-state index contributed by atoms with van der Waals surface area (Å²) in [6, 6.07) is 2.17. The van der Waals surface area contributed by atoms with Gasteiger partial charge in [-0.3, -0.25) is 0 Å². The zero-order valence-corrected chi connectivity index (χ0v) is 8.07. The number of carboxylic acid groups (broad SMARTS) is 1. The lowest BCUT2D eigenvalue weighted by atomic mass is 9.99. The summed E-state index contributed by atoms with van der Waals surface area (Å²) < 4.78 is 13.1. The molecule has 0 radical (unpaired) electrons. The highest BCUT2D eigenvalue weighted by Crippen LogP contribution is 2.26. The molecule has 15 heavy (non-hydrogen) atoms. The van der Waals surface area contributed by atoms with E-state index in [-0.39, 0.29) is 12.5 Å². The van der Waals surface area contributed by atoms with Crippen LogP contribution in [0.1, 0.15) is 28.8 Å². The summed E-state index contributed by atoms with van der Waals surface area (Å²) in [6.45, 7) is 1.40. The molecule has 0 saturated carbocycles. The minimum atomic E-state index is -1.40. The predicted octanol–water partition coefficient (Wildman–Crippen LogP) is 1.33. The van der Waals surface area contributed by atoms with Crippen molar-refractivity contribution in [2.24, 2.45) is 0 Å². The lowest BCUT2D eigenvalue weighted by molar-refractivity contribution is 0.0692. The number of phenols is 1. The Morgan fingerprint density at radius 2 is 2.13 bits per heavy atom. The van der Waals surface area contributed by atoms with Crippen molar-refractivity contribution in [2.75, 3.05) is 6.61 Å². The van der Waals surface area contributed by atoms with Crippen LogP contribution in [0.3, 0.4) is 0 Å². The highest BCUT2D eigenvalue weighted by Gasteiger charge is 2.17. The van der Waals surface area contributed by atoms with E-state index < -0.39 is 23.1 Å². The van der Waals surface area contributed by atoms with Crippen LogP contribution < -0.4 is 0 Å². The number of hydrogen-bond donors (Lipinski definition) is 3. The molecule has 1 aromatic carbocycles. The van der Waals surface area contributed by atoms with Crippen molar-refractivity contribution in [1.82, 2.24) is 0 Å². The normalized spacial score (nSPS) is 12.5. The summed E-state index contributed by atoms with van der Waals surface area (Å²) in [5.74, 6) is -3.65. The minimum absolute atomic E-state index is 0.219. The fourth-order valence-corrected chi connectivity index (χ4v) is 1.17. The van der Waals surface area contributed by atoms with Crippen LogP contribution in [0.4, 0.5) is 4.39 Å². The predicted molar refractivity (Wildman–Crippen MR) is 50.5 cm³/mol. The van der Waals surface area contributed by atoms with E-state index in [4.69, 9.17) is 15.3 Å². The Morgan fingerprint density at radius 3 is 2.60 bits per heavy atom. The van der Waals surface area contributed by atoms with Gasteiger partial charge in [0.15, 0.2) is 11.6 Å². The number of carboxylic acids is 1. The van der Waals surface area contributed by atoms with Crippen LogP contribution in [0.25, 0.3) is 0 Å². The quantitative estimate of drug-likeness (QED) is 0.709. The molecule has 1 aromatic rings. The van der Waals surface area contributed by atoms with Gasteiger partial charge in [0.05, 0.1) is 0 Å². The minimum Gasteiger partial charge on any atom is -0.504 e. The molecule has 5 heteroatoms. The average Bonchev–Trinajstić information content (AvgIpc) is 2.20. The molecule has 0 saturated heterocycles. The van der Waals surface area contributed by atoms with E-state index in [0.717, 1.165) is 12.1 Å². The number of halogens is 1. The van der Waals surface area contributed by atoms with Gasteiger partial charge in [0, 0.05) is 12.5 Å². The Morgan fingerprint density at radius 1 is 1.53 bits per heavy atom. The summed E-state index contributed by atoms with van der Waals surface area (Å²) in [5.41, 5.74) is -0.157. The van der Waals surface area contributed by atoms with Gasteiger partial charge in [-0.05, 0) is 17.7 Å². The number of aromatic hydroxyl groups is 1. The van der Waals surface area contributed by atoms with Crippen molar-refractivity contribution < 1.29 is 24.5 Å². The zero-order valence-electron chi connectivity index (χ0n) is 8.07. The highest BCUT2D eigenvalue weighted by atomic mass is 19.1. The van der Waals surface area contributed by atoms with E-state index in [0.29, 0.717) is 5.56 Å². The molecule has 82 valence electrons. The first-order valence-electron chi connectivity index (χ1n) is 4.34. The number of aliphatic hydroxyl groups is 1. The Labute approximate surface area is 85.6 Å². The molecule has 0 spiro atoms. The lowest BCUT2D eigenvalue weighted by Gasteiger charge is -2.10. The number of rotatable bonds is 3. The number of benzene rings is 1. The van der Waals surface area contributed by atoms with E-state index in [1.807, 2.05) is 0 Å². The first-order valence-corrected chi connectivity index (χ1v) is 4.34. The Balaban J connectivity index is 3.29. The third-order valence-electron chi connectivity index (χ3n) is 2.16. The van der Waals surface area contributed by atoms with Crippen molar-refractivity contribution in [3.63, 3.8) is 0 Å². The van der Waals surface area contributed by atoms with Crippen molar-refractivity contribution in [1.29, 1.82) is 0 Å². The largest absolute Gasteiger partial charge is 0.504 e. The van der Waals surface area contributed by atoms with Crippen molar-refractivity contribution >= 4 is 5.97 Å². The molecule has 0 amide bonds. The van der Waals surface area contributed by atoms with E-state index in [2.05, 4.69) is 0 Å². The second-order valence-corrected chi connectivity index (χ2v) is 3.29. The molecule has 1 atom stereocenters. The molecule has 3 N–H and O–H groups in total. The van der Waals surface area contributed by atoms with Crippen molar-refractivity contribution in [2.45, 2.75) is 12.8 Å². The van der Waals surface area contributed by atoms with Gasteiger partial charge in [0.25, 0.3) is 0 Å². The van der Waals surface area contributed by atoms with Crippen LogP contribution in [0.5, 0.6) is 5.75 Å². The summed E-state index contributed by atoms with van der Waals surface area (Å²) in [7, 11) is 0. The SMILES string of the molecule is CC(CO)c1cc(F)c(O)c(C(=O)O)c1. The van der Waals surface area contributed by atoms with Gasteiger partial charge < -0.3 is 15.3 Å². The van der Waals surface area contributed by atoms with Crippen LogP contribution >= 0.6 is 0 Å². The summed E-state index contributed by atoms with van der Waals surface area (Å²) in [6.07, 6.45) is 0. The monoisotopic (exact) mass is 214 g/mol. The van der Waals surface area contributed by atoms with E-state index in [9.17, 15) is 9.18 Å². The number of aliphatic hydroxyl groups excluding tert-OH is 1. The molecule has 0 aliphatic heterocycles. The molecular weight excluding hydrogens is 203 g/mol. The van der Waals surface area contributed by atoms with Crippen LogP contribution in [0.2, 0.25) is 0 Å². The van der Waals surface area contributed by atoms with E-state index in [1.165, 1.54) is 0 Å². The number of carbonyl (C=O) groups is 1. The van der Waals surface area contributed by atoms with Gasteiger partial charge in [-0.1, -0.05) is 6.92 Å². The second kappa shape index (κ2) is 4.27. The van der Waals surface area contributed by atoms with E-state index in [1.54, 1.807) is 6.92 Å². The molecular formula is C10H11FO4. The molecule has 0 fully saturated rings. The van der Waals surface area contributed by atoms with Gasteiger partial charge in [0.1, 0.15) is 5.56 Å². The lowest BCUT2D eigenvalue weighted by Crippen LogP contribution is -2.04. The molecule has 1 rings (SSSR count). The van der Waals surface area contributed by atoms with Crippen LogP contribution in [0, 0.1) is 5.82 Å². The Hall–Kier alpha value is -1.62. The smallest absolute Gasteiger partial charge is 0.339 e. The van der Waals surface area contributed by atoms with E-state index >= 15 is 0 Å². The van der Waals surface area contributed by atoms with Crippen LogP contribution in [-0.2, 0) is 0 Å². The third kappa shape index (κ3) is 2.24. The standard InChI is InChI=1S/C10H11FO4/c1-5(4-12)6-2-7(10(14)15)9(13)8(11)3-6/h2-3,5,12-13H,4H2,1H3,(H,14,15). The molecule has 0 aliphatic rings. The van der Waals surface area contributed by atoms with Gasteiger partial charge in [-0.25, -0.2) is 9.18 Å². The van der Waals surface area contributed by atoms with Crippen LogP contribution in [0.15, 0.2) is 12.1 Å². The zero-order chi connectivity index (χ0) is 11.6. The third-order valence-corrected chi connectivity index (χ3v) is 2.16. The summed E-state index contributed by atoms with van der Waals surface area (Å²) in [4.78, 5) is 10.6. The summed E-state index contributed by atoms with van der Waals surface area (Å²) in [5, 5.41) is 26.7. The average molecular weight is 214 g/mol. The number of hydrogen-bond acceptors (Lipinski definition) is 3. The fourth-order valence-electron chi connectivity index (χ4n) is 1.17. The van der Waals surface area contributed by atoms with Gasteiger partial charge in [-0.2, -0.15) is 0 Å². The second-order valence-electron chi connectivity index (χ2n) is 3.29. The Kier molecular flexibility index (Phi) is 3.26. The Bertz CT molecular complexity index is 389. The molecule has 0 aromatic heterocycles. The fraction of sp³-hybridized carbons (Fsp3) is 0.300. The first kappa shape index (κ1) is 11.5. The molecule has 0 heterocycles.